The van der Waals surface area contributed by atoms with E-state index >= 15 is 0 Å². The third-order valence-electron chi connectivity index (χ3n) is 6.79. The number of carbonyl (C=O) groups is 2. The van der Waals surface area contributed by atoms with Crippen molar-refractivity contribution in [3.8, 4) is 11.5 Å². The molecule has 0 spiro atoms. The van der Waals surface area contributed by atoms with E-state index < -0.39 is 23.8 Å². The van der Waals surface area contributed by atoms with E-state index in [4.69, 9.17) is 37.8 Å². The number of carbonyl (C=O) groups excluding carboxylic acids is 1. The third kappa shape index (κ3) is 8.01. The van der Waals surface area contributed by atoms with Crippen LogP contribution < -0.4 is 19.7 Å². The Morgan fingerprint density at radius 1 is 1.02 bits per heavy atom. The Kier molecular flexibility index (Phi) is 10.1. The van der Waals surface area contributed by atoms with Crippen molar-refractivity contribution >= 4 is 40.9 Å². The molecule has 1 unspecified atom stereocenters. The first-order valence-corrected chi connectivity index (χ1v) is 14.0. The lowest BCUT2D eigenvalue weighted by Gasteiger charge is -2.33. The number of hydrogen-bond donors (Lipinski definition) is 2. The predicted octanol–water partition coefficient (Wildman–Crippen LogP) is 7.18. The van der Waals surface area contributed by atoms with Crippen molar-refractivity contribution in [1.29, 1.82) is 0 Å². The molecular weight excluding hydrogens is 596 g/mol. The molecule has 0 radical (unpaired) electrons. The molecule has 7 nitrogen and oxygen atoms in total. The number of anilines is 1. The maximum atomic E-state index is 13.6. The average molecular weight is 625 g/mol. The second-order valence-electron chi connectivity index (χ2n) is 9.92. The van der Waals surface area contributed by atoms with Gasteiger partial charge in [-0.2, -0.15) is 13.2 Å². The Morgan fingerprint density at radius 2 is 1.69 bits per heavy atom. The molecule has 0 aromatic heterocycles. The molecule has 42 heavy (non-hydrogen) atoms. The standard InChI is InChI=1S/C30H29Cl2F3N2O5/c1-18-13-24(31)27(25(32)14-18)42-12-11-41-23-7-4-19(5-8-23)15-21(17-36-29(39)40)28(38)37-10-2-3-20-16-22(30(33,34)35)6-9-26(20)37/h4-9,13-14,16,21,36H,2-3,10-12,15,17H2,1H3,(H,39,40). The zero-order valence-electron chi connectivity index (χ0n) is 22.6. The van der Waals surface area contributed by atoms with Gasteiger partial charge >= 0.3 is 12.3 Å². The van der Waals surface area contributed by atoms with Crippen molar-refractivity contribution < 1.29 is 37.3 Å². The molecule has 1 aliphatic rings. The first-order chi connectivity index (χ1) is 19.9. The first-order valence-electron chi connectivity index (χ1n) is 13.2. The molecule has 3 aromatic rings. The van der Waals surface area contributed by atoms with Gasteiger partial charge in [0.15, 0.2) is 5.75 Å². The lowest BCUT2D eigenvalue weighted by atomic mass is 9.94. The highest BCUT2D eigenvalue weighted by Crippen LogP contribution is 2.36. The highest BCUT2D eigenvalue weighted by molar-refractivity contribution is 6.37. The number of rotatable bonds is 10. The summed E-state index contributed by atoms with van der Waals surface area (Å²) < 4.78 is 51.0. The lowest BCUT2D eigenvalue weighted by molar-refractivity contribution is -0.137. The summed E-state index contributed by atoms with van der Waals surface area (Å²) in [6.07, 6.45) is -4.64. The summed E-state index contributed by atoms with van der Waals surface area (Å²) in [5.41, 5.74) is 1.76. The van der Waals surface area contributed by atoms with Crippen molar-refractivity contribution in [2.45, 2.75) is 32.4 Å². The van der Waals surface area contributed by atoms with Crippen LogP contribution in [-0.4, -0.2) is 43.4 Å². The summed E-state index contributed by atoms with van der Waals surface area (Å²) in [6.45, 7) is 2.46. The van der Waals surface area contributed by atoms with Gasteiger partial charge in [-0.15, -0.1) is 0 Å². The van der Waals surface area contributed by atoms with Crippen LogP contribution in [0.2, 0.25) is 10.0 Å². The molecule has 2 amide bonds. The predicted molar refractivity (Wildman–Crippen MR) is 154 cm³/mol. The van der Waals surface area contributed by atoms with Crippen LogP contribution in [-0.2, 0) is 23.8 Å². The molecule has 0 saturated carbocycles. The summed E-state index contributed by atoms with van der Waals surface area (Å²) in [7, 11) is 0. The van der Waals surface area contributed by atoms with E-state index in [0.29, 0.717) is 52.2 Å². The van der Waals surface area contributed by atoms with Crippen molar-refractivity contribution in [1.82, 2.24) is 5.32 Å². The van der Waals surface area contributed by atoms with Crippen LogP contribution in [0.25, 0.3) is 0 Å². The van der Waals surface area contributed by atoms with E-state index in [1.807, 2.05) is 6.92 Å². The maximum Gasteiger partial charge on any atom is 0.416 e. The molecule has 0 fully saturated rings. The number of fused-ring (bicyclic) bond motifs is 1. The molecule has 3 aromatic carbocycles. The van der Waals surface area contributed by atoms with Gasteiger partial charge in [0.1, 0.15) is 19.0 Å². The number of nitrogens with one attached hydrogen (secondary N) is 1. The number of nitrogens with zero attached hydrogens (tertiary/aromatic N) is 1. The minimum Gasteiger partial charge on any atom is -0.490 e. The number of benzene rings is 3. The Labute approximate surface area is 251 Å². The molecule has 4 rings (SSSR count). The van der Waals surface area contributed by atoms with Crippen LogP contribution in [0.1, 0.15) is 28.7 Å². The molecule has 224 valence electrons. The van der Waals surface area contributed by atoms with Crippen LogP contribution in [0.15, 0.2) is 54.6 Å². The SMILES string of the molecule is Cc1cc(Cl)c(OCCOc2ccc(CC(CNC(=O)O)C(=O)N3CCCc4cc(C(F)(F)F)ccc43)cc2)c(Cl)c1. The van der Waals surface area contributed by atoms with E-state index in [1.54, 1.807) is 36.4 Å². The molecule has 0 saturated heterocycles. The molecule has 1 aliphatic heterocycles. The number of aryl methyl sites for hydroxylation is 2. The van der Waals surface area contributed by atoms with E-state index in [1.165, 1.54) is 11.0 Å². The van der Waals surface area contributed by atoms with Crippen LogP contribution in [0.3, 0.4) is 0 Å². The fraction of sp³-hybridized carbons (Fsp3) is 0.333. The number of halogens is 5. The van der Waals surface area contributed by atoms with Crippen molar-refractivity contribution in [3.05, 3.63) is 86.9 Å². The summed E-state index contributed by atoms with van der Waals surface area (Å²) >= 11 is 12.4. The monoisotopic (exact) mass is 624 g/mol. The normalized spacial score (nSPS) is 13.7. The molecular formula is C30H29Cl2F3N2O5. The van der Waals surface area contributed by atoms with Crippen molar-refractivity contribution in [2.75, 3.05) is 31.2 Å². The first kappa shape index (κ1) is 31.3. The van der Waals surface area contributed by atoms with Gasteiger partial charge in [-0.05, 0) is 85.3 Å². The maximum absolute atomic E-state index is 13.6. The number of alkyl halides is 3. The second-order valence-corrected chi connectivity index (χ2v) is 10.7. The average Bonchev–Trinajstić information content (AvgIpc) is 2.93. The van der Waals surface area contributed by atoms with Gasteiger partial charge in [0.05, 0.1) is 21.5 Å². The zero-order valence-corrected chi connectivity index (χ0v) is 24.2. The van der Waals surface area contributed by atoms with E-state index in [9.17, 15) is 22.8 Å². The molecule has 12 heteroatoms. The minimum atomic E-state index is -4.49. The van der Waals surface area contributed by atoms with Gasteiger partial charge < -0.3 is 24.8 Å². The Bertz CT molecular complexity index is 1410. The van der Waals surface area contributed by atoms with Gasteiger partial charge in [0.25, 0.3) is 0 Å². The number of ether oxygens (including phenoxy) is 2. The summed E-state index contributed by atoms with van der Waals surface area (Å²) in [5, 5.41) is 12.2. The number of carboxylic acid groups (broad SMARTS) is 1. The summed E-state index contributed by atoms with van der Waals surface area (Å²) in [6, 6.07) is 13.8. The van der Waals surface area contributed by atoms with E-state index in [0.717, 1.165) is 23.3 Å². The van der Waals surface area contributed by atoms with Gasteiger partial charge in [0.2, 0.25) is 5.91 Å². The van der Waals surface area contributed by atoms with Crippen molar-refractivity contribution in [2.24, 2.45) is 5.92 Å². The summed E-state index contributed by atoms with van der Waals surface area (Å²) in [4.78, 5) is 26.3. The van der Waals surface area contributed by atoms with E-state index in [-0.39, 0.29) is 32.1 Å². The number of hydrogen-bond acceptors (Lipinski definition) is 4. The smallest absolute Gasteiger partial charge is 0.416 e. The second kappa shape index (κ2) is 13.6. The van der Waals surface area contributed by atoms with Crippen molar-refractivity contribution in [3.63, 3.8) is 0 Å². The highest BCUT2D eigenvalue weighted by Gasteiger charge is 2.34. The van der Waals surface area contributed by atoms with Gasteiger partial charge in [-0.3, -0.25) is 4.79 Å². The quantitative estimate of drug-likeness (QED) is 0.233. The fourth-order valence-corrected chi connectivity index (χ4v) is 5.52. The molecule has 0 bridgehead atoms. The van der Waals surface area contributed by atoms with E-state index in [2.05, 4.69) is 5.32 Å². The summed E-state index contributed by atoms with van der Waals surface area (Å²) in [5.74, 6) is -0.208. The number of amides is 2. The molecule has 2 N–H and O–H groups in total. The topological polar surface area (TPSA) is 88.1 Å². The Balaban J connectivity index is 1.40. The minimum absolute atomic E-state index is 0.152. The van der Waals surface area contributed by atoms with Gasteiger partial charge in [0, 0.05) is 18.8 Å². The fourth-order valence-electron chi connectivity index (χ4n) is 4.81. The van der Waals surface area contributed by atoms with Crippen LogP contribution >= 0.6 is 23.2 Å². The Morgan fingerprint density at radius 3 is 2.33 bits per heavy atom. The molecule has 0 aliphatic carbocycles. The van der Waals surface area contributed by atoms with Gasteiger partial charge in [-0.25, -0.2) is 4.79 Å². The van der Waals surface area contributed by atoms with Crippen LogP contribution in [0.5, 0.6) is 11.5 Å². The third-order valence-corrected chi connectivity index (χ3v) is 7.35. The molecule has 1 heterocycles. The van der Waals surface area contributed by atoms with Crippen LogP contribution in [0, 0.1) is 12.8 Å². The van der Waals surface area contributed by atoms with Gasteiger partial charge in [-0.1, -0.05) is 35.3 Å². The lowest BCUT2D eigenvalue weighted by Crippen LogP contribution is -2.44. The van der Waals surface area contributed by atoms with Crippen LogP contribution in [0.4, 0.5) is 23.7 Å². The largest absolute Gasteiger partial charge is 0.490 e. The zero-order chi connectivity index (χ0) is 30.4. The molecule has 1 atom stereocenters. The highest BCUT2D eigenvalue weighted by atomic mass is 35.5. The Hall–Kier alpha value is -3.63.